The molecule has 4 heterocycles. The summed E-state index contributed by atoms with van der Waals surface area (Å²) in [5.41, 5.74) is 4.61. The lowest BCUT2D eigenvalue weighted by molar-refractivity contribution is 0.0852. The molecule has 1 amide bonds. The zero-order chi connectivity index (χ0) is 26.1. The molecule has 0 bridgehead atoms. The van der Waals surface area contributed by atoms with Gasteiger partial charge in [-0.25, -0.2) is 19.7 Å². The van der Waals surface area contributed by atoms with Crippen molar-refractivity contribution in [1.82, 2.24) is 44.9 Å². The molecule has 0 unspecified atom stereocenters. The van der Waals surface area contributed by atoms with E-state index in [0.29, 0.717) is 35.5 Å². The minimum Gasteiger partial charge on any atom is -0.495 e. The first-order chi connectivity index (χ1) is 17.9. The molecule has 2 N–H and O–H groups in total. The number of amides is 1. The fraction of sp³-hybridized carbons (Fsp3) is 0.250. The number of nitrogens with zero attached hydrogens (tertiary/aromatic N) is 8. The van der Waals surface area contributed by atoms with Crippen molar-refractivity contribution in [2.45, 2.75) is 20.0 Å². The molecule has 0 fully saturated rings. The van der Waals surface area contributed by atoms with E-state index < -0.39 is 0 Å². The highest BCUT2D eigenvalue weighted by molar-refractivity contribution is 6.32. The van der Waals surface area contributed by atoms with Crippen LogP contribution in [0.1, 0.15) is 23.0 Å². The monoisotopic (exact) mass is 520 g/mol. The first-order valence-corrected chi connectivity index (χ1v) is 11.9. The van der Waals surface area contributed by atoms with Crippen molar-refractivity contribution in [3.63, 3.8) is 0 Å². The van der Waals surface area contributed by atoms with Gasteiger partial charge in [0, 0.05) is 50.4 Å². The van der Waals surface area contributed by atoms with Gasteiger partial charge in [-0.3, -0.25) is 14.8 Å². The third kappa shape index (κ3) is 4.63. The zero-order valence-electron chi connectivity index (χ0n) is 20.7. The van der Waals surface area contributed by atoms with Crippen LogP contribution >= 0.6 is 11.6 Å². The van der Waals surface area contributed by atoms with E-state index in [0.717, 1.165) is 27.4 Å². The number of benzene rings is 1. The Hall–Kier alpha value is -4.29. The molecule has 1 aromatic carbocycles. The lowest BCUT2D eigenvalue weighted by Gasteiger charge is -2.13. The first-order valence-electron chi connectivity index (χ1n) is 11.5. The molecule has 4 aromatic heterocycles. The summed E-state index contributed by atoms with van der Waals surface area (Å²) < 4.78 is 8.73. The van der Waals surface area contributed by atoms with Crippen LogP contribution in [0, 0.1) is 0 Å². The minimum absolute atomic E-state index is 0.245. The third-order valence-electron chi connectivity index (χ3n) is 5.75. The van der Waals surface area contributed by atoms with Crippen LogP contribution in [0.4, 0.5) is 5.82 Å². The average molecular weight is 521 g/mol. The van der Waals surface area contributed by atoms with Crippen molar-refractivity contribution in [3.05, 3.63) is 59.4 Å². The molecule has 0 atom stereocenters. The van der Waals surface area contributed by atoms with Crippen LogP contribution < -0.4 is 15.5 Å². The number of ether oxygens (including phenoxy) is 1. The standard InChI is InChI=1S/C24H25ClN10O2/c1-5-35-22-16(11-29-35)20-15(10-27-22)23(34-12-18(28-13-34)24(36)32-33(2)3)31-30-21(20)26-9-14-6-7-19(37-4)17(25)8-14/h6-8,10-13H,5,9H2,1-4H3,(H,26,30)(H,32,36). The van der Waals surface area contributed by atoms with E-state index in [1.807, 2.05) is 29.8 Å². The number of aromatic nitrogens is 7. The maximum absolute atomic E-state index is 12.4. The highest BCUT2D eigenvalue weighted by atomic mass is 35.5. The maximum Gasteiger partial charge on any atom is 0.285 e. The number of nitrogens with one attached hydrogen (secondary N) is 2. The van der Waals surface area contributed by atoms with Gasteiger partial charge in [0.05, 0.1) is 23.7 Å². The number of imidazole rings is 1. The van der Waals surface area contributed by atoms with Gasteiger partial charge in [0.25, 0.3) is 5.91 Å². The normalized spacial score (nSPS) is 11.4. The van der Waals surface area contributed by atoms with Crippen molar-refractivity contribution < 1.29 is 9.53 Å². The molecule has 12 nitrogen and oxygen atoms in total. The van der Waals surface area contributed by atoms with Crippen molar-refractivity contribution in [1.29, 1.82) is 0 Å². The second kappa shape index (κ2) is 9.99. The molecule has 0 aliphatic heterocycles. The first kappa shape index (κ1) is 24.4. The van der Waals surface area contributed by atoms with Crippen LogP contribution in [0.15, 0.2) is 43.1 Å². The predicted molar refractivity (Wildman–Crippen MR) is 140 cm³/mol. The summed E-state index contributed by atoms with van der Waals surface area (Å²) in [5, 5.41) is 21.3. The molecule has 0 aliphatic carbocycles. The van der Waals surface area contributed by atoms with Gasteiger partial charge in [-0.1, -0.05) is 17.7 Å². The zero-order valence-corrected chi connectivity index (χ0v) is 21.5. The van der Waals surface area contributed by atoms with Crippen LogP contribution in [0.3, 0.4) is 0 Å². The summed E-state index contributed by atoms with van der Waals surface area (Å²) in [5.74, 6) is 1.34. The average Bonchev–Trinajstić information content (AvgIpc) is 3.54. The Morgan fingerprint density at radius 3 is 2.73 bits per heavy atom. The summed E-state index contributed by atoms with van der Waals surface area (Å²) in [6.07, 6.45) is 6.65. The number of halogens is 1. The van der Waals surface area contributed by atoms with Gasteiger partial charge >= 0.3 is 0 Å². The fourth-order valence-electron chi connectivity index (χ4n) is 4.02. The van der Waals surface area contributed by atoms with Crippen molar-refractivity contribution in [2.75, 3.05) is 26.5 Å². The van der Waals surface area contributed by atoms with Gasteiger partial charge in [0.2, 0.25) is 0 Å². The summed E-state index contributed by atoms with van der Waals surface area (Å²) in [6.45, 7) is 3.14. The quantitative estimate of drug-likeness (QED) is 0.296. The number of carbonyl (C=O) groups is 1. The Morgan fingerprint density at radius 1 is 1.16 bits per heavy atom. The molecule has 0 radical (unpaired) electrons. The number of carbonyl (C=O) groups excluding carboxylic acids is 1. The minimum atomic E-state index is -0.331. The number of hydrogen-bond acceptors (Lipinski definition) is 9. The Balaban J connectivity index is 1.58. The highest BCUT2D eigenvalue weighted by Gasteiger charge is 2.19. The molecular weight excluding hydrogens is 496 g/mol. The number of pyridine rings is 1. The SMILES string of the molecule is CCn1ncc2c3c(NCc4ccc(OC)c(Cl)c4)nnc(-n4cnc(C(=O)NN(C)C)c4)c3cnc21. The summed E-state index contributed by atoms with van der Waals surface area (Å²) in [7, 11) is 5.04. The summed E-state index contributed by atoms with van der Waals surface area (Å²) in [6, 6.07) is 5.60. The maximum atomic E-state index is 12.4. The van der Waals surface area contributed by atoms with Gasteiger partial charge in [-0.05, 0) is 24.6 Å². The predicted octanol–water partition coefficient (Wildman–Crippen LogP) is 3.06. The number of methoxy groups -OCH3 is 1. The van der Waals surface area contributed by atoms with Crippen molar-refractivity contribution in [3.8, 4) is 11.6 Å². The Bertz CT molecular complexity index is 1610. The molecule has 0 spiro atoms. The number of fused-ring (bicyclic) bond motifs is 3. The van der Waals surface area contributed by atoms with Crippen LogP contribution in [0.25, 0.3) is 27.6 Å². The van der Waals surface area contributed by atoms with Crippen LogP contribution in [-0.4, -0.2) is 66.6 Å². The molecule has 0 saturated heterocycles. The van der Waals surface area contributed by atoms with Crippen LogP contribution in [0.2, 0.25) is 5.02 Å². The Morgan fingerprint density at radius 2 is 2.00 bits per heavy atom. The largest absolute Gasteiger partial charge is 0.495 e. The van der Waals surface area contributed by atoms with E-state index in [9.17, 15) is 4.79 Å². The number of anilines is 1. The smallest absolute Gasteiger partial charge is 0.285 e. The molecule has 0 aliphatic rings. The Kier molecular flexibility index (Phi) is 6.59. The molecule has 37 heavy (non-hydrogen) atoms. The topological polar surface area (TPSA) is 128 Å². The summed E-state index contributed by atoms with van der Waals surface area (Å²) >= 11 is 6.30. The molecule has 190 valence electrons. The van der Waals surface area contributed by atoms with E-state index >= 15 is 0 Å². The van der Waals surface area contributed by atoms with Crippen LogP contribution in [-0.2, 0) is 13.1 Å². The van der Waals surface area contributed by atoms with Crippen molar-refractivity contribution in [2.24, 2.45) is 0 Å². The number of rotatable bonds is 8. The second-order valence-electron chi connectivity index (χ2n) is 8.44. The fourth-order valence-corrected chi connectivity index (χ4v) is 4.30. The number of hydrazine groups is 1. The number of hydrogen-bond donors (Lipinski definition) is 2. The Labute approximate surface area is 217 Å². The molecular formula is C24H25ClN10O2. The van der Waals surface area contributed by atoms with E-state index in [1.54, 1.807) is 49.4 Å². The molecule has 5 aromatic rings. The van der Waals surface area contributed by atoms with E-state index in [2.05, 4.69) is 36.0 Å². The van der Waals surface area contributed by atoms with E-state index in [-0.39, 0.29) is 11.6 Å². The van der Waals surface area contributed by atoms with Gasteiger partial charge in [0.15, 0.2) is 17.3 Å². The summed E-state index contributed by atoms with van der Waals surface area (Å²) in [4.78, 5) is 21.3. The van der Waals surface area contributed by atoms with Crippen molar-refractivity contribution >= 4 is 45.1 Å². The number of aryl methyl sites for hydroxylation is 1. The third-order valence-corrected chi connectivity index (χ3v) is 6.04. The van der Waals surface area contributed by atoms with Gasteiger partial charge in [-0.15, -0.1) is 10.2 Å². The second-order valence-corrected chi connectivity index (χ2v) is 8.85. The molecule has 0 saturated carbocycles. The van der Waals surface area contributed by atoms with Gasteiger partial charge < -0.3 is 10.1 Å². The lowest BCUT2D eigenvalue weighted by Crippen LogP contribution is -2.36. The highest BCUT2D eigenvalue weighted by Crippen LogP contribution is 2.32. The van der Waals surface area contributed by atoms with Crippen LogP contribution in [0.5, 0.6) is 5.75 Å². The van der Waals surface area contributed by atoms with E-state index in [1.165, 1.54) is 6.33 Å². The molecule has 13 heteroatoms. The lowest BCUT2D eigenvalue weighted by atomic mass is 10.1. The van der Waals surface area contributed by atoms with Gasteiger partial charge in [-0.2, -0.15) is 5.10 Å². The van der Waals surface area contributed by atoms with Gasteiger partial charge in [0.1, 0.15) is 17.8 Å². The molecule has 5 rings (SSSR count). The van der Waals surface area contributed by atoms with E-state index in [4.69, 9.17) is 16.3 Å².